The molecule has 6 heteroatoms. The van der Waals surface area contributed by atoms with Crippen LogP contribution in [-0.4, -0.2) is 13.1 Å². The topological polar surface area (TPSA) is 38.0 Å². The largest absolute Gasteiger partial charge is 0.416 e. The summed E-state index contributed by atoms with van der Waals surface area (Å²) in [5.74, 6) is -0.770. The lowest BCUT2D eigenvalue weighted by Crippen LogP contribution is -2.34. The standard InChI is InChI=1S/C13H16F4N2/c14-11-7-9(13(15,16)17)1-2-10(11)12(18)8-3-5-19-6-4-8/h1-2,7-8,12,19H,3-6,18H2/t12-/m1/s1. The molecule has 2 rings (SSSR count). The Morgan fingerprint density at radius 1 is 1.21 bits per heavy atom. The van der Waals surface area contributed by atoms with Crippen LogP contribution in [0.3, 0.4) is 0 Å². The van der Waals surface area contributed by atoms with Crippen molar-refractivity contribution in [1.29, 1.82) is 0 Å². The van der Waals surface area contributed by atoms with Crippen LogP contribution in [0.4, 0.5) is 17.6 Å². The average Bonchev–Trinajstić information content (AvgIpc) is 2.38. The summed E-state index contributed by atoms with van der Waals surface area (Å²) in [5.41, 5.74) is 5.17. The van der Waals surface area contributed by atoms with E-state index >= 15 is 0 Å². The first-order chi connectivity index (χ1) is 8.89. The quantitative estimate of drug-likeness (QED) is 0.815. The van der Waals surface area contributed by atoms with Crippen molar-refractivity contribution in [3.05, 3.63) is 35.1 Å². The summed E-state index contributed by atoms with van der Waals surface area (Å²) in [6.07, 6.45) is -2.92. The molecule has 0 saturated carbocycles. The second-order valence-electron chi connectivity index (χ2n) is 4.85. The molecule has 1 saturated heterocycles. The van der Waals surface area contributed by atoms with Gasteiger partial charge >= 0.3 is 6.18 Å². The van der Waals surface area contributed by atoms with Gasteiger partial charge in [-0.3, -0.25) is 0 Å². The highest BCUT2D eigenvalue weighted by atomic mass is 19.4. The van der Waals surface area contributed by atoms with Crippen LogP contribution in [0.1, 0.15) is 30.0 Å². The summed E-state index contributed by atoms with van der Waals surface area (Å²) in [7, 11) is 0. The molecule has 1 aliphatic rings. The van der Waals surface area contributed by atoms with Gasteiger partial charge in [0.1, 0.15) is 5.82 Å². The number of benzene rings is 1. The number of hydrogen-bond donors (Lipinski definition) is 2. The van der Waals surface area contributed by atoms with Crippen LogP contribution in [0.2, 0.25) is 0 Å². The van der Waals surface area contributed by atoms with Crippen molar-refractivity contribution in [2.75, 3.05) is 13.1 Å². The Labute approximate surface area is 109 Å². The van der Waals surface area contributed by atoms with Gasteiger partial charge in [-0.15, -0.1) is 0 Å². The first kappa shape index (κ1) is 14.3. The molecule has 0 spiro atoms. The van der Waals surface area contributed by atoms with E-state index < -0.39 is 23.6 Å². The molecule has 0 amide bonds. The molecule has 1 aliphatic heterocycles. The maximum Gasteiger partial charge on any atom is 0.416 e. The number of halogens is 4. The number of hydrogen-bond acceptors (Lipinski definition) is 2. The summed E-state index contributed by atoms with van der Waals surface area (Å²) in [4.78, 5) is 0. The van der Waals surface area contributed by atoms with E-state index in [2.05, 4.69) is 5.32 Å². The van der Waals surface area contributed by atoms with Gasteiger partial charge in [0, 0.05) is 11.6 Å². The molecule has 0 unspecified atom stereocenters. The lowest BCUT2D eigenvalue weighted by Gasteiger charge is -2.28. The maximum atomic E-state index is 13.8. The molecule has 1 atom stereocenters. The fourth-order valence-electron chi connectivity index (χ4n) is 2.43. The Morgan fingerprint density at radius 2 is 1.84 bits per heavy atom. The van der Waals surface area contributed by atoms with E-state index in [1.54, 1.807) is 0 Å². The molecule has 0 radical (unpaired) electrons. The first-order valence-electron chi connectivity index (χ1n) is 6.22. The van der Waals surface area contributed by atoms with Gasteiger partial charge in [0.15, 0.2) is 0 Å². The van der Waals surface area contributed by atoms with Gasteiger partial charge in [0.05, 0.1) is 5.56 Å². The predicted octanol–water partition coefficient (Wildman–Crippen LogP) is 2.84. The highest BCUT2D eigenvalue weighted by Crippen LogP contribution is 2.33. The monoisotopic (exact) mass is 276 g/mol. The number of rotatable bonds is 2. The zero-order valence-electron chi connectivity index (χ0n) is 10.3. The second-order valence-corrected chi connectivity index (χ2v) is 4.85. The Balaban J connectivity index is 2.20. The second kappa shape index (κ2) is 5.46. The highest BCUT2D eigenvalue weighted by molar-refractivity contribution is 5.29. The first-order valence-corrected chi connectivity index (χ1v) is 6.22. The average molecular weight is 276 g/mol. The van der Waals surface area contributed by atoms with E-state index in [1.807, 2.05) is 0 Å². The van der Waals surface area contributed by atoms with Gasteiger partial charge in [-0.1, -0.05) is 6.07 Å². The van der Waals surface area contributed by atoms with Crippen molar-refractivity contribution in [3.8, 4) is 0 Å². The number of nitrogens with two attached hydrogens (primary N) is 1. The molecule has 0 aromatic heterocycles. The molecule has 0 aliphatic carbocycles. The van der Waals surface area contributed by atoms with Crippen LogP contribution in [0.15, 0.2) is 18.2 Å². The van der Waals surface area contributed by atoms with E-state index in [9.17, 15) is 17.6 Å². The molecule has 106 valence electrons. The summed E-state index contributed by atoms with van der Waals surface area (Å²) >= 11 is 0. The van der Waals surface area contributed by atoms with Crippen molar-refractivity contribution in [2.45, 2.75) is 25.1 Å². The number of nitrogens with one attached hydrogen (secondary N) is 1. The molecule has 1 aromatic rings. The van der Waals surface area contributed by atoms with E-state index in [4.69, 9.17) is 5.73 Å². The Bertz CT molecular complexity index is 439. The van der Waals surface area contributed by atoms with Gasteiger partial charge in [-0.05, 0) is 44.0 Å². The minimum atomic E-state index is -4.53. The van der Waals surface area contributed by atoms with Crippen molar-refractivity contribution in [2.24, 2.45) is 11.7 Å². The molecular weight excluding hydrogens is 260 g/mol. The summed E-state index contributed by atoms with van der Waals surface area (Å²) in [6.45, 7) is 1.61. The van der Waals surface area contributed by atoms with Gasteiger partial charge in [-0.2, -0.15) is 13.2 Å². The van der Waals surface area contributed by atoms with Crippen molar-refractivity contribution < 1.29 is 17.6 Å². The van der Waals surface area contributed by atoms with Crippen LogP contribution >= 0.6 is 0 Å². The Hall–Kier alpha value is -1.14. The van der Waals surface area contributed by atoms with Crippen molar-refractivity contribution in [3.63, 3.8) is 0 Å². The van der Waals surface area contributed by atoms with Crippen LogP contribution in [0, 0.1) is 11.7 Å². The Kier molecular flexibility index (Phi) is 4.10. The van der Waals surface area contributed by atoms with Crippen LogP contribution in [0.25, 0.3) is 0 Å². The summed E-state index contributed by atoms with van der Waals surface area (Å²) < 4.78 is 51.1. The van der Waals surface area contributed by atoms with Crippen molar-refractivity contribution >= 4 is 0 Å². The third-order valence-electron chi connectivity index (χ3n) is 3.58. The normalized spacial score (nSPS) is 19.4. The van der Waals surface area contributed by atoms with E-state index in [0.29, 0.717) is 6.07 Å². The van der Waals surface area contributed by atoms with Crippen LogP contribution in [0.5, 0.6) is 0 Å². The fourth-order valence-corrected chi connectivity index (χ4v) is 2.43. The zero-order valence-corrected chi connectivity index (χ0v) is 10.3. The summed E-state index contributed by atoms with van der Waals surface area (Å²) in [6, 6.07) is 2.02. The van der Waals surface area contributed by atoms with Gasteiger partial charge in [-0.25, -0.2) is 4.39 Å². The SMILES string of the molecule is N[C@@H](c1ccc(C(F)(F)F)cc1F)C1CCNCC1. The van der Waals surface area contributed by atoms with E-state index in [-0.39, 0.29) is 11.5 Å². The molecule has 3 N–H and O–H groups in total. The number of piperidine rings is 1. The molecule has 2 nitrogen and oxygen atoms in total. The molecule has 1 fully saturated rings. The Morgan fingerprint density at radius 3 is 2.37 bits per heavy atom. The maximum absolute atomic E-state index is 13.8. The lowest BCUT2D eigenvalue weighted by atomic mass is 9.86. The zero-order chi connectivity index (χ0) is 14.0. The molecule has 0 bridgehead atoms. The van der Waals surface area contributed by atoms with Gasteiger partial charge in [0.25, 0.3) is 0 Å². The molecule has 19 heavy (non-hydrogen) atoms. The minimum Gasteiger partial charge on any atom is -0.324 e. The smallest absolute Gasteiger partial charge is 0.324 e. The third kappa shape index (κ3) is 3.25. The highest BCUT2D eigenvalue weighted by Gasteiger charge is 2.32. The van der Waals surface area contributed by atoms with Gasteiger partial charge < -0.3 is 11.1 Å². The summed E-state index contributed by atoms with van der Waals surface area (Å²) in [5, 5.41) is 3.17. The van der Waals surface area contributed by atoms with Crippen molar-refractivity contribution in [1.82, 2.24) is 5.32 Å². The molecule has 1 aromatic carbocycles. The fraction of sp³-hybridized carbons (Fsp3) is 0.538. The van der Waals surface area contributed by atoms with Gasteiger partial charge in [0.2, 0.25) is 0 Å². The minimum absolute atomic E-state index is 0.104. The van der Waals surface area contributed by atoms with Crippen LogP contribution in [-0.2, 0) is 6.18 Å². The molecule has 1 heterocycles. The third-order valence-corrected chi connectivity index (χ3v) is 3.58. The lowest BCUT2D eigenvalue weighted by molar-refractivity contribution is -0.137. The molecular formula is C13H16F4N2. The number of alkyl halides is 3. The van der Waals surface area contributed by atoms with E-state index in [0.717, 1.165) is 38.1 Å². The van der Waals surface area contributed by atoms with Crippen LogP contribution < -0.4 is 11.1 Å². The predicted molar refractivity (Wildman–Crippen MR) is 63.9 cm³/mol. The van der Waals surface area contributed by atoms with E-state index in [1.165, 1.54) is 0 Å².